The van der Waals surface area contributed by atoms with Gasteiger partial charge >= 0.3 is 0 Å². The van der Waals surface area contributed by atoms with Crippen molar-refractivity contribution in [2.45, 2.75) is 46.2 Å². The van der Waals surface area contributed by atoms with E-state index in [1.165, 1.54) is 0 Å². The van der Waals surface area contributed by atoms with Gasteiger partial charge in [-0.05, 0) is 68.7 Å². The van der Waals surface area contributed by atoms with E-state index < -0.39 is 0 Å². The van der Waals surface area contributed by atoms with Crippen molar-refractivity contribution in [3.8, 4) is 28.7 Å². The van der Waals surface area contributed by atoms with Crippen LogP contribution in [-0.2, 0) is 6.42 Å². The molecule has 0 atom stereocenters. The molecule has 6 heteroatoms. The van der Waals surface area contributed by atoms with Gasteiger partial charge in [0, 0.05) is 35.9 Å². The molecule has 0 aromatic heterocycles. The van der Waals surface area contributed by atoms with Gasteiger partial charge in [-0.1, -0.05) is 36.4 Å². The molecule has 0 spiro atoms. The van der Waals surface area contributed by atoms with Gasteiger partial charge in [0.2, 0.25) is 0 Å². The fourth-order valence-corrected chi connectivity index (χ4v) is 4.30. The predicted octanol–water partition coefficient (Wildman–Crippen LogP) is 6.18. The Kier molecular flexibility index (Phi) is 9.49. The lowest BCUT2D eigenvalue weighted by atomic mass is 9.97. The molecule has 0 radical (unpaired) electrons. The van der Waals surface area contributed by atoms with E-state index in [9.17, 15) is 10.1 Å². The number of carbonyl (C=O) groups is 1. The molecule has 0 fully saturated rings. The zero-order valence-corrected chi connectivity index (χ0v) is 21.7. The van der Waals surface area contributed by atoms with Gasteiger partial charge in [-0.3, -0.25) is 9.69 Å². The molecule has 0 saturated heterocycles. The number of anilines is 1. The van der Waals surface area contributed by atoms with E-state index in [0.717, 1.165) is 17.7 Å². The molecule has 0 aliphatic rings. The smallest absolute Gasteiger partial charge is 0.255 e. The van der Waals surface area contributed by atoms with Crippen LogP contribution < -0.4 is 14.8 Å². The number of carbonyl (C=O) groups excluding carboxylic acids is 1. The third-order valence-electron chi connectivity index (χ3n) is 6.08. The topological polar surface area (TPSA) is 74.6 Å². The number of nitriles is 1. The molecule has 0 bridgehead atoms. The van der Waals surface area contributed by atoms with Gasteiger partial charge in [0.25, 0.3) is 5.91 Å². The van der Waals surface area contributed by atoms with Gasteiger partial charge < -0.3 is 14.8 Å². The van der Waals surface area contributed by atoms with Crippen molar-refractivity contribution in [3.05, 3.63) is 77.9 Å². The van der Waals surface area contributed by atoms with Gasteiger partial charge in [0.1, 0.15) is 6.61 Å². The number of hydrogen-bond acceptors (Lipinski definition) is 5. The summed E-state index contributed by atoms with van der Waals surface area (Å²) in [5, 5.41) is 12.3. The number of nitrogens with one attached hydrogen (secondary N) is 1. The fraction of sp³-hybridized carbons (Fsp3) is 0.333. The highest BCUT2D eigenvalue weighted by Crippen LogP contribution is 2.31. The predicted molar refractivity (Wildman–Crippen MR) is 145 cm³/mol. The zero-order chi connectivity index (χ0) is 26.1. The summed E-state index contributed by atoms with van der Waals surface area (Å²) in [4.78, 5) is 15.5. The van der Waals surface area contributed by atoms with Crippen LogP contribution in [0.25, 0.3) is 11.1 Å². The van der Waals surface area contributed by atoms with Crippen LogP contribution in [0.1, 0.15) is 43.6 Å². The van der Waals surface area contributed by atoms with E-state index in [2.05, 4.69) is 44.0 Å². The Hall–Kier alpha value is -3.82. The molecule has 0 heterocycles. The molecule has 3 rings (SSSR count). The summed E-state index contributed by atoms with van der Waals surface area (Å²) >= 11 is 0. The summed E-state index contributed by atoms with van der Waals surface area (Å²) in [6.45, 7) is 9.96. The number of ether oxygens (including phenoxy) is 2. The van der Waals surface area contributed by atoms with Crippen LogP contribution in [0, 0.1) is 11.3 Å². The van der Waals surface area contributed by atoms with Crippen molar-refractivity contribution < 1.29 is 14.3 Å². The molecule has 36 heavy (non-hydrogen) atoms. The largest absolute Gasteiger partial charge is 0.493 e. The molecule has 1 amide bonds. The van der Waals surface area contributed by atoms with E-state index in [1.54, 1.807) is 31.4 Å². The Morgan fingerprint density at radius 3 is 2.31 bits per heavy atom. The zero-order valence-electron chi connectivity index (χ0n) is 21.7. The Balaban J connectivity index is 1.77. The highest BCUT2D eigenvalue weighted by molar-refractivity contribution is 6.05. The normalized spacial score (nSPS) is 11.0. The van der Waals surface area contributed by atoms with Gasteiger partial charge in [-0.25, -0.2) is 0 Å². The van der Waals surface area contributed by atoms with Crippen LogP contribution >= 0.6 is 0 Å². The molecular weight excluding hydrogens is 450 g/mol. The second-order valence-corrected chi connectivity index (χ2v) is 9.17. The lowest BCUT2D eigenvalue weighted by Crippen LogP contribution is -2.39. The summed E-state index contributed by atoms with van der Waals surface area (Å²) in [6.07, 6.45) is 0.141. The van der Waals surface area contributed by atoms with Crippen LogP contribution in [0.2, 0.25) is 0 Å². The summed E-state index contributed by atoms with van der Waals surface area (Å²) in [6, 6.07) is 23.8. The maximum Gasteiger partial charge on any atom is 0.255 e. The number of amides is 1. The number of methoxy groups -OCH3 is 1. The SMILES string of the molecule is COc1ccc(NC(=O)c2ccc(-c3ccccc3)cc2CC#N)cc1OCCN(C(C)C)C(C)C. The average molecular weight is 486 g/mol. The number of benzene rings is 3. The van der Waals surface area contributed by atoms with Crippen LogP contribution in [0.5, 0.6) is 11.5 Å². The number of nitrogens with zero attached hydrogens (tertiary/aromatic N) is 2. The molecule has 0 unspecified atom stereocenters. The van der Waals surface area contributed by atoms with E-state index >= 15 is 0 Å². The molecule has 0 aliphatic carbocycles. The van der Waals surface area contributed by atoms with Gasteiger partial charge in [-0.2, -0.15) is 5.26 Å². The average Bonchev–Trinajstić information content (AvgIpc) is 2.87. The molecule has 3 aromatic carbocycles. The van der Waals surface area contributed by atoms with Crippen molar-refractivity contribution >= 4 is 11.6 Å². The maximum absolute atomic E-state index is 13.2. The molecular formula is C30H35N3O3. The molecule has 0 saturated carbocycles. The third-order valence-corrected chi connectivity index (χ3v) is 6.08. The van der Waals surface area contributed by atoms with Crippen LogP contribution in [0.4, 0.5) is 5.69 Å². The Morgan fingerprint density at radius 2 is 1.67 bits per heavy atom. The van der Waals surface area contributed by atoms with E-state index in [4.69, 9.17) is 9.47 Å². The molecule has 3 aromatic rings. The van der Waals surface area contributed by atoms with E-state index in [-0.39, 0.29) is 12.3 Å². The Bertz CT molecular complexity index is 1190. The minimum absolute atomic E-state index is 0.141. The number of hydrogen-bond donors (Lipinski definition) is 1. The fourth-order valence-electron chi connectivity index (χ4n) is 4.30. The molecule has 0 aliphatic heterocycles. The molecule has 188 valence electrons. The Morgan fingerprint density at radius 1 is 0.944 bits per heavy atom. The lowest BCUT2D eigenvalue weighted by Gasteiger charge is -2.30. The van der Waals surface area contributed by atoms with Gasteiger partial charge in [0.15, 0.2) is 11.5 Å². The van der Waals surface area contributed by atoms with Crippen LogP contribution in [-0.4, -0.2) is 43.2 Å². The highest BCUT2D eigenvalue weighted by atomic mass is 16.5. The third kappa shape index (κ3) is 6.87. The maximum atomic E-state index is 13.2. The second kappa shape index (κ2) is 12.8. The first-order chi connectivity index (χ1) is 17.3. The Labute approximate surface area is 214 Å². The monoisotopic (exact) mass is 485 g/mol. The van der Waals surface area contributed by atoms with Gasteiger partial charge in [0.05, 0.1) is 19.6 Å². The summed E-state index contributed by atoms with van der Waals surface area (Å²) in [5.74, 6) is 0.896. The van der Waals surface area contributed by atoms with E-state index in [0.29, 0.717) is 47.0 Å². The van der Waals surface area contributed by atoms with Crippen molar-refractivity contribution in [3.63, 3.8) is 0 Å². The first-order valence-electron chi connectivity index (χ1n) is 12.3. The first-order valence-corrected chi connectivity index (χ1v) is 12.3. The van der Waals surface area contributed by atoms with Crippen molar-refractivity contribution in [1.29, 1.82) is 5.26 Å². The van der Waals surface area contributed by atoms with Crippen LogP contribution in [0.3, 0.4) is 0 Å². The minimum atomic E-state index is -0.276. The molecule has 1 N–H and O–H groups in total. The number of rotatable bonds is 11. The van der Waals surface area contributed by atoms with Crippen molar-refractivity contribution in [2.24, 2.45) is 0 Å². The standard InChI is InChI=1S/C30H35N3O3/c1-21(2)33(22(3)4)17-18-36-29-20-26(12-14-28(29)35-5)32-30(34)27-13-11-24(19-25(27)15-16-31)23-9-7-6-8-10-23/h6-14,19-22H,15,17-18H2,1-5H3,(H,32,34). The van der Waals surface area contributed by atoms with Crippen molar-refractivity contribution in [1.82, 2.24) is 4.90 Å². The van der Waals surface area contributed by atoms with E-state index in [1.807, 2.05) is 42.5 Å². The first kappa shape index (κ1) is 26.8. The quantitative estimate of drug-likeness (QED) is 0.351. The second-order valence-electron chi connectivity index (χ2n) is 9.17. The minimum Gasteiger partial charge on any atom is -0.493 e. The highest BCUT2D eigenvalue weighted by Gasteiger charge is 2.16. The summed E-state index contributed by atoms with van der Waals surface area (Å²) in [5.41, 5.74) is 3.75. The van der Waals surface area contributed by atoms with Crippen molar-refractivity contribution in [2.75, 3.05) is 25.6 Å². The van der Waals surface area contributed by atoms with Gasteiger partial charge in [-0.15, -0.1) is 0 Å². The molecule has 6 nitrogen and oxygen atoms in total. The van der Waals surface area contributed by atoms with Crippen LogP contribution in [0.15, 0.2) is 66.7 Å². The summed E-state index contributed by atoms with van der Waals surface area (Å²) in [7, 11) is 1.59. The summed E-state index contributed by atoms with van der Waals surface area (Å²) < 4.78 is 11.5. The lowest BCUT2D eigenvalue weighted by molar-refractivity contribution is 0.102.